The second-order valence-electron chi connectivity index (χ2n) is 3.78. The minimum absolute atomic E-state index is 0.0548. The Hall–Kier alpha value is -1.78. The van der Waals surface area contributed by atoms with Gasteiger partial charge in [-0.1, -0.05) is 6.07 Å². The predicted octanol–water partition coefficient (Wildman–Crippen LogP) is 0.648. The standard InChI is InChI=1S/C11H18N4O/c1-12-9-6-5-7-10(13-9)15(4)8-11(16)14(2)3/h5-7H,8H2,1-4H3,(H,12,13). The first kappa shape index (κ1) is 12.3. The summed E-state index contributed by atoms with van der Waals surface area (Å²) in [6.07, 6.45) is 0. The van der Waals surface area contributed by atoms with Gasteiger partial charge in [0.05, 0.1) is 6.54 Å². The number of likely N-dealkylation sites (N-methyl/N-ethyl adjacent to an activating group) is 2. The number of amides is 1. The summed E-state index contributed by atoms with van der Waals surface area (Å²) >= 11 is 0. The molecule has 0 radical (unpaired) electrons. The molecule has 0 unspecified atom stereocenters. The highest BCUT2D eigenvalue weighted by molar-refractivity contribution is 5.80. The number of anilines is 2. The third-order valence-electron chi connectivity index (χ3n) is 2.25. The number of rotatable bonds is 4. The molecule has 0 aliphatic carbocycles. The minimum Gasteiger partial charge on any atom is -0.373 e. The molecule has 0 aromatic carbocycles. The van der Waals surface area contributed by atoms with Crippen molar-refractivity contribution in [1.29, 1.82) is 0 Å². The average Bonchev–Trinajstić information content (AvgIpc) is 2.28. The first-order valence-corrected chi connectivity index (χ1v) is 5.10. The van der Waals surface area contributed by atoms with Crippen molar-refractivity contribution in [2.45, 2.75) is 0 Å². The summed E-state index contributed by atoms with van der Waals surface area (Å²) in [4.78, 5) is 19.3. The summed E-state index contributed by atoms with van der Waals surface area (Å²) in [6.45, 7) is 0.327. The van der Waals surface area contributed by atoms with Crippen molar-refractivity contribution in [2.75, 3.05) is 45.0 Å². The van der Waals surface area contributed by atoms with Crippen LogP contribution in [-0.4, -0.2) is 50.5 Å². The molecule has 1 aromatic rings. The zero-order valence-electron chi connectivity index (χ0n) is 10.2. The lowest BCUT2D eigenvalue weighted by atomic mass is 10.4. The number of hydrogen-bond donors (Lipinski definition) is 1. The van der Waals surface area contributed by atoms with Gasteiger partial charge < -0.3 is 15.1 Å². The number of hydrogen-bond acceptors (Lipinski definition) is 4. The van der Waals surface area contributed by atoms with Crippen LogP contribution >= 0.6 is 0 Å². The van der Waals surface area contributed by atoms with Gasteiger partial charge in [-0.2, -0.15) is 0 Å². The van der Waals surface area contributed by atoms with Crippen molar-refractivity contribution in [2.24, 2.45) is 0 Å². The van der Waals surface area contributed by atoms with Gasteiger partial charge in [-0.05, 0) is 12.1 Å². The molecule has 0 saturated heterocycles. The molecule has 0 aliphatic heterocycles. The normalized spacial score (nSPS) is 9.75. The van der Waals surface area contributed by atoms with Crippen molar-refractivity contribution in [3.8, 4) is 0 Å². The summed E-state index contributed by atoms with van der Waals surface area (Å²) in [6, 6.07) is 5.67. The van der Waals surface area contributed by atoms with E-state index in [1.54, 1.807) is 19.0 Å². The van der Waals surface area contributed by atoms with Gasteiger partial charge in [0.1, 0.15) is 11.6 Å². The van der Waals surface area contributed by atoms with Crippen LogP contribution in [0.3, 0.4) is 0 Å². The fourth-order valence-electron chi connectivity index (χ4n) is 1.20. The summed E-state index contributed by atoms with van der Waals surface area (Å²) < 4.78 is 0. The van der Waals surface area contributed by atoms with Crippen molar-refractivity contribution in [3.63, 3.8) is 0 Å². The van der Waals surface area contributed by atoms with E-state index in [1.807, 2.05) is 37.2 Å². The van der Waals surface area contributed by atoms with Crippen molar-refractivity contribution in [1.82, 2.24) is 9.88 Å². The van der Waals surface area contributed by atoms with E-state index in [-0.39, 0.29) is 5.91 Å². The van der Waals surface area contributed by atoms with Gasteiger partial charge in [0.15, 0.2) is 0 Å². The van der Waals surface area contributed by atoms with Crippen LogP contribution in [0.2, 0.25) is 0 Å². The van der Waals surface area contributed by atoms with E-state index >= 15 is 0 Å². The summed E-state index contributed by atoms with van der Waals surface area (Å²) in [7, 11) is 7.15. The Morgan fingerprint density at radius 1 is 1.38 bits per heavy atom. The molecule has 1 heterocycles. The second kappa shape index (κ2) is 5.34. The highest BCUT2D eigenvalue weighted by Gasteiger charge is 2.10. The molecule has 88 valence electrons. The van der Waals surface area contributed by atoms with Gasteiger partial charge >= 0.3 is 0 Å². The predicted molar refractivity (Wildman–Crippen MR) is 65.7 cm³/mol. The number of aromatic nitrogens is 1. The Morgan fingerprint density at radius 3 is 2.62 bits per heavy atom. The van der Waals surface area contributed by atoms with Crippen molar-refractivity contribution in [3.05, 3.63) is 18.2 Å². The molecule has 5 nitrogen and oxygen atoms in total. The van der Waals surface area contributed by atoms with Crippen LogP contribution in [0.5, 0.6) is 0 Å². The van der Waals surface area contributed by atoms with Crippen molar-refractivity contribution >= 4 is 17.5 Å². The Kier molecular flexibility index (Phi) is 4.10. The Labute approximate surface area is 96.1 Å². The van der Waals surface area contributed by atoms with E-state index in [4.69, 9.17) is 0 Å². The van der Waals surface area contributed by atoms with Crippen LogP contribution in [0.15, 0.2) is 18.2 Å². The first-order valence-electron chi connectivity index (χ1n) is 5.10. The smallest absolute Gasteiger partial charge is 0.241 e. The SMILES string of the molecule is CNc1cccc(N(C)CC(=O)N(C)C)n1. The highest BCUT2D eigenvalue weighted by atomic mass is 16.2. The number of nitrogens with one attached hydrogen (secondary N) is 1. The summed E-state index contributed by atoms with van der Waals surface area (Å²) in [5.41, 5.74) is 0. The monoisotopic (exact) mass is 222 g/mol. The maximum atomic E-state index is 11.5. The van der Waals surface area contributed by atoms with Crippen LogP contribution in [0.25, 0.3) is 0 Å². The lowest BCUT2D eigenvalue weighted by Crippen LogP contribution is -2.34. The third-order valence-corrected chi connectivity index (χ3v) is 2.25. The lowest BCUT2D eigenvalue weighted by molar-refractivity contribution is -0.127. The zero-order chi connectivity index (χ0) is 12.1. The van der Waals surface area contributed by atoms with Gasteiger partial charge in [-0.15, -0.1) is 0 Å². The number of nitrogens with zero attached hydrogens (tertiary/aromatic N) is 3. The minimum atomic E-state index is 0.0548. The number of pyridine rings is 1. The maximum Gasteiger partial charge on any atom is 0.241 e. The summed E-state index contributed by atoms with van der Waals surface area (Å²) in [5.74, 6) is 1.63. The molecule has 5 heteroatoms. The molecule has 16 heavy (non-hydrogen) atoms. The molecule has 0 fully saturated rings. The number of carbonyl (C=O) groups excluding carboxylic acids is 1. The molecule has 1 N–H and O–H groups in total. The second-order valence-corrected chi connectivity index (χ2v) is 3.78. The highest BCUT2D eigenvalue weighted by Crippen LogP contribution is 2.12. The van der Waals surface area contributed by atoms with Crippen LogP contribution in [0.4, 0.5) is 11.6 Å². The molecule has 0 bridgehead atoms. The van der Waals surface area contributed by atoms with Gasteiger partial charge in [0.2, 0.25) is 5.91 Å². The van der Waals surface area contributed by atoms with Crippen LogP contribution in [-0.2, 0) is 4.79 Å². The first-order chi connectivity index (χ1) is 7.54. The Bertz CT molecular complexity index is 365. The van der Waals surface area contributed by atoms with Crippen molar-refractivity contribution < 1.29 is 4.79 Å². The van der Waals surface area contributed by atoms with E-state index in [9.17, 15) is 4.79 Å². The van der Waals surface area contributed by atoms with E-state index in [2.05, 4.69) is 10.3 Å². The molecule has 0 aliphatic rings. The Balaban J connectivity index is 2.72. The van der Waals surface area contributed by atoms with E-state index in [0.29, 0.717) is 6.54 Å². The zero-order valence-corrected chi connectivity index (χ0v) is 10.2. The average molecular weight is 222 g/mol. The van der Waals surface area contributed by atoms with E-state index in [1.165, 1.54) is 0 Å². The molecule has 0 spiro atoms. The third kappa shape index (κ3) is 3.12. The molecule has 1 aromatic heterocycles. The number of carbonyl (C=O) groups is 1. The van der Waals surface area contributed by atoms with Crippen LogP contribution in [0, 0.1) is 0 Å². The van der Waals surface area contributed by atoms with Crippen LogP contribution < -0.4 is 10.2 Å². The van der Waals surface area contributed by atoms with Crippen LogP contribution in [0.1, 0.15) is 0 Å². The topological polar surface area (TPSA) is 48.5 Å². The lowest BCUT2D eigenvalue weighted by Gasteiger charge is -2.20. The maximum absolute atomic E-state index is 11.5. The largest absolute Gasteiger partial charge is 0.373 e. The van der Waals surface area contributed by atoms with Gasteiger partial charge in [-0.3, -0.25) is 4.79 Å². The molecule has 1 rings (SSSR count). The fraction of sp³-hybridized carbons (Fsp3) is 0.455. The molecule has 0 atom stereocenters. The molecule has 1 amide bonds. The van der Waals surface area contributed by atoms with Gasteiger partial charge in [0.25, 0.3) is 0 Å². The van der Waals surface area contributed by atoms with E-state index < -0.39 is 0 Å². The molecule has 0 saturated carbocycles. The molecular weight excluding hydrogens is 204 g/mol. The molecular formula is C11H18N4O. The summed E-state index contributed by atoms with van der Waals surface area (Å²) in [5, 5.41) is 2.97. The fourth-order valence-corrected chi connectivity index (χ4v) is 1.20. The quantitative estimate of drug-likeness (QED) is 0.812. The van der Waals surface area contributed by atoms with E-state index in [0.717, 1.165) is 11.6 Å². The van der Waals surface area contributed by atoms with Gasteiger partial charge in [0, 0.05) is 28.2 Å². The van der Waals surface area contributed by atoms with Gasteiger partial charge in [-0.25, -0.2) is 4.98 Å². The Morgan fingerprint density at radius 2 is 2.06 bits per heavy atom.